The molecular weight excluding hydrogens is 376 g/mol. The van der Waals surface area contributed by atoms with E-state index in [1.165, 1.54) is 6.20 Å². The van der Waals surface area contributed by atoms with Gasteiger partial charge in [0.05, 0.1) is 29.9 Å². The van der Waals surface area contributed by atoms with E-state index in [1.807, 2.05) is 48.1 Å². The fourth-order valence-electron chi connectivity index (χ4n) is 3.45. The summed E-state index contributed by atoms with van der Waals surface area (Å²) in [5.41, 5.74) is 0.744. The van der Waals surface area contributed by atoms with Gasteiger partial charge in [0.2, 0.25) is 5.91 Å². The molecule has 0 aliphatic heterocycles. The zero-order valence-corrected chi connectivity index (χ0v) is 16.3. The molecule has 3 aromatic rings. The van der Waals surface area contributed by atoms with Crippen LogP contribution in [0.5, 0.6) is 5.75 Å². The van der Waals surface area contributed by atoms with Crippen LogP contribution in [0.2, 0.25) is 5.02 Å². The number of rotatable bonds is 7. The second-order valence-electron chi connectivity index (χ2n) is 6.95. The minimum atomic E-state index is -0.355. The highest BCUT2D eigenvalue weighted by Gasteiger charge is 2.60. The average molecular weight is 397 g/mol. The molecule has 2 heterocycles. The zero-order chi connectivity index (χ0) is 19.6. The molecule has 0 radical (unpaired) electrons. The van der Waals surface area contributed by atoms with Gasteiger partial charge in [0.25, 0.3) is 0 Å². The van der Waals surface area contributed by atoms with Gasteiger partial charge in [0.1, 0.15) is 5.82 Å². The predicted octanol–water partition coefficient (Wildman–Crippen LogP) is 3.93. The monoisotopic (exact) mass is 396 g/mol. The van der Waals surface area contributed by atoms with E-state index >= 15 is 0 Å². The fourth-order valence-corrected chi connectivity index (χ4v) is 3.56. The third-order valence-corrected chi connectivity index (χ3v) is 5.37. The van der Waals surface area contributed by atoms with Gasteiger partial charge in [-0.3, -0.25) is 9.48 Å². The topological polar surface area (TPSA) is 69.0 Å². The molecule has 7 heteroatoms. The second-order valence-corrected chi connectivity index (χ2v) is 7.39. The van der Waals surface area contributed by atoms with Crippen LogP contribution < -0.4 is 10.1 Å². The number of anilines is 1. The van der Waals surface area contributed by atoms with Crippen molar-refractivity contribution in [1.82, 2.24) is 14.8 Å². The number of nitrogens with zero attached hydrogens (tertiary/aromatic N) is 3. The van der Waals surface area contributed by atoms with Crippen molar-refractivity contribution in [2.24, 2.45) is 5.92 Å². The van der Waals surface area contributed by atoms with E-state index < -0.39 is 0 Å². The van der Waals surface area contributed by atoms with E-state index in [0.717, 1.165) is 18.5 Å². The molecule has 4 rings (SSSR count). The lowest BCUT2D eigenvalue weighted by molar-refractivity contribution is -0.117. The first kappa shape index (κ1) is 18.5. The minimum Gasteiger partial charge on any atom is -0.489 e. The third-order valence-electron chi connectivity index (χ3n) is 5.15. The molecule has 0 saturated heterocycles. The van der Waals surface area contributed by atoms with Crippen LogP contribution in [-0.2, 0) is 16.8 Å². The summed E-state index contributed by atoms with van der Waals surface area (Å²) in [6, 6.07) is 13.4. The van der Waals surface area contributed by atoms with Crippen LogP contribution in [0.3, 0.4) is 0 Å². The molecule has 2 atom stereocenters. The molecule has 1 N–H and O–H groups in total. The largest absolute Gasteiger partial charge is 0.489 e. The SMILES string of the molecule is CCn1cc(OCC2(c3ccccc3)CC2C(=O)Nc2ccc(Cl)cn2)cn1. The van der Waals surface area contributed by atoms with Gasteiger partial charge in [-0.15, -0.1) is 0 Å². The maximum Gasteiger partial charge on any atom is 0.229 e. The summed E-state index contributed by atoms with van der Waals surface area (Å²) in [6.45, 7) is 3.22. The van der Waals surface area contributed by atoms with Crippen molar-refractivity contribution >= 4 is 23.3 Å². The quantitative estimate of drug-likeness (QED) is 0.657. The molecular formula is C21H21ClN4O2. The van der Waals surface area contributed by atoms with Gasteiger partial charge in [-0.1, -0.05) is 41.9 Å². The van der Waals surface area contributed by atoms with Gasteiger partial charge in [0.15, 0.2) is 5.75 Å². The zero-order valence-electron chi connectivity index (χ0n) is 15.5. The van der Waals surface area contributed by atoms with Crippen molar-refractivity contribution in [3.63, 3.8) is 0 Å². The van der Waals surface area contributed by atoms with Crippen molar-refractivity contribution in [3.05, 3.63) is 71.6 Å². The van der Waals surface area contributed by atoms with Gasteiger partial charge in [-0.2, -0.15) is 5.10 Å². The lowest BCUT2D eigenvalue weighted by Gasteiger charge is -2.18. The molecule has 2 aromatic heterocycles. The van der Waals surface area contributed by atoms with Crippen LogP contribution in [0.4, 0.5) is 5.82 Å². The maximum absolute atomic E-state index is 12.9. The molecule has 0 bridgehead atoms. The van der Waals surface area contributed by atoms with Crippen LogP contribution in [0.25, 0.3) is 0 Å². The number of carbonyl (C=O) groups excluding carboxylic acids is 1. The number of amides is 1. The molecule has 1 aromatic carbocycles. The van der Waals surface area contributed by atoms with E-state index in [4.69, 9.17) is 16.3 Å². The van der Waals surface area contributed by atoms with Crippen LogP contribution in [0.1, 0.15) is 18.9 Å². The molecule has 1 amide bonds. The van der Waals surface area contributed by atoms with Crippen LogP contribution in [0, 0.1) is 5.92 Å². The van der Waals surface area contributed by atoms with Gasteiger partial charge >= 0.3 is 0 Å². The van der Waals surface area contributed by atoms with Crippen molar-refractivity contribution < 1.29 is 9.53 Å². The van der Waals surface area contributed by atoms with Crippen molar-refractivity contribution in [1.29, 1.82) is 0 Å². The summed E-state index contributed by atoms with van der Waals surface area (Å²) in [5.74, 6) is 0.955. The second kappa shape index (κ2) is 7.64. The summed E-state index contributed by atoms with van der Waals surface area (Å²) >= 11 is 5.86. The summed E-state index contributed by atoms with van der Waals surface area (Å²) < 4.78 is 7.83. The van der Waals surface area contributed by atoms with Crippen molar-refractivity contribution in [3.8, 4) is 5.75 Å². The highest BCUT2D eigenvalue weighted by atomic mass is 35.5. The summed E-state index contributed by atoms with van der Waals surface area (Å²) in [5, 5.41) is 7.66. The van der Waals surface area contributed by atoms with E-state index in [1.54, 1.807) is 18.3 Å². The van der Waals surface area contributed by atoms with Gasteiger partial charge in [-0.05, 0) is 31.0 Å². The van der Waals surface area contributed by atoms with E-state index in [9.17, 15) is 4.79 Å². The standard InChI is InChI=1S/C21H21ClN4O2/c1-2-26-13-17(12-24-26)28-14-21(15-6-4-3-5-7-15)10-18(21)20(27)25-19-9-8-16(22)11-23-19/h3-9,11-13,18H,2,10,14H2,1H3,(H,23,25,27). The Balaban J connectivity index is 1.50. The Hall–Kier alpha value is -2.86. The number of aryl methyl sites for hydroxylation is 1. The number of pyridine rings is 1. The molecule has 144 valence electrons. The number of nitrogens with one attached hydrogen (secondary N) is 1. The Morgan fingerprint density at radius 1 is 1.29 bits per heavy atom. The van der Waals surface area contributed by atoms with Crippen LogP contribution in [0.15, 0.2) is 61.1 Å². The first-order chi connectivity index (χ1) is 13.6. The Morgan fingerprint density at radius 2 is 2.11 bits per heavy atom. The van der Waals surface area contributed by atoms with Gasteiger partial charge < -0.3 is 10.1 Å². The molecule has 6 nitrogen and oxygen atoms in total. The average Bonchev–Trinajstić information content (AvgIpc) is 3.29. The summed E-state index contributed by atoms with van der Waals surface area (Å²) in [7, 11) is 0. The summed E-state index contributed by atoms with van der Waals surface area (Å²) in [6.07, 6.45) is 5.81. The first-order valence-electron chi connectivity index (χ1n) is 9.24. The number of carbonyl (C=O) groups is 1. The number of hydrogen-bond donors (Lipinski definition) is 1. The number of aromatic nitrogens is 3. The van der Waals surface area contributed by atoms with Gasteiger partial charge in [0, 0.05) is 18.2 Å². The maximum atomic E-state index is 12.9. The van der Waals surface area contributed by atoms with Crippen LogP contribution >= 0.6 is 11.6 Å². The van der Waals surface area contributed by atoms with E-state index in [-0.39, 0.29) is 17.2 Å². The molecule has 1 aliphatic carbocycles. The van der Waals surface area contributed by atoms with E-state index in [2.05, 4.69) is 15.4 Å². The number of ether oxygens (including phenoxy) is 1. The van der Waals surface area contributed by atoms with Gasteiger partial charge in [-0.25, -0.2) is 4.98 Å². The minimum absolute atomic E-state index is 0.0634. The lowest BCUT2D eigenvalue weighted by Crippen LogP contribution is -2.26. The van der Waals surface area contributed by atoms with E-state index in [0.29, 0.717) is 23.2 Å². The third kappa shape index (κ3) is 3.73. The number of halogens is 1. The molecule has 28 heavy (non-hydrogen) atoms. The van der Waals surface area contributed by atoms with Crippen LogP contribution in [-0.4, -0.2) is 27.3 Å². The molecule has 1 saturated carbocycles. The van der Waals surface area contributed by atoms with Crippen molar-refractivity contribution in [2.75, 3.05) is 11.9 Å². The molecule has 2 unspecified atom stereocenters. The molecule has 0 spiro atoms. The number of benzene rings is 1. The fraction of sp³-hybridized carbons (Fsp3) is 0.286. The molecule has 1 aliphatic rings. The normalized spacial score (nSPS) is 20.6. The first-order valence-corrected chi connectivity index (χ1v) is 9.62. The predicted molar refractivity (Wildman–Crippen MR) is 107 cm³/mol. The Bertz CT molecular complexity index is 958. The lowest BCUT2D eigenvalue weighted by atomic mass is 9.94. The van der Waals surface area contributed by atoms with Crippen molar-refractivity contribution in [2.45, 2.75) is 25.3 Å². The highest BCUT2D eigenvalue weighted by Crippen LogP contribution is 2.55. The Morgan fingerprint density at radius 3 is 2.79 bits per heavy atom. The Labute approximate surface area is 168 Å². The Kier molecular flexibility index (Phi) is 5.05. The molecule has 1 fully saturated rings. The highest BCUT2D eigenvalue weighted by molar-refractivity contribution is 6.30. The number of hydrogen-bond acceptors (Lipinski definition) is 4. The smallest absolute Gasteiger partial charge is 0.229 e. The summed E-state index contributed by atoms with van der Waals surface area (Å²) in [4.78, 5) is 17.0.